The molecule has 122 valence electrons. The fourth-order valence-electron chi connectivity index (χ4n) is 2.35. The molecule has 0 aliphatic carbocycles. The molecular weight excluding hydrogens is 328 g/mol. The number of anilines is 1. The van der Waals surface area contributed by atoms with Crippen molar-refractivity contribution < 1.29 is 21.6 Å². The van der Waals surface area contributed by atoms with Crippen molar-refractivity contribution in [2.24, 2.45) is 0 Å². The number of amides is 1. The lowest BCUT2D eigenvalue weighted by atomic mass is 10.1. The fourth-order valence-corrected chi connectivity index (χ4v) is 4.68. The molecule has 1 aliphatic heterocycles. The Morgan fingerprint density at radius 3 is 2.32 bits per heavy atom. The summed E-state index contributed by atoms with van der Waals surface area (Å²) in [5, 5.41) is 0. The highest BCUT2D eigenvalue weighted by molar-refractivity contribution is 7.92. The number of rotatable bonds is 4. The maximum absolute atomic E-state index is 12.3. The quantitative estimate of drug-likeness (QED) is 0.846. The third-order valence-electron chi connectivity index (χ3n) is 3.51. The van der Waals surface area contributed by atoms with Crippen molar-refractivity contribution in [3.05, 3.63) is 29.8 Å². The van der Waals surface area contributed by atoms with Crippen molar-refractivity contribution in [3.8, 4) is 0 Å². The van der Waals surface area contributed by atoms with Crippen LogP contribution in [0.3, 0.4) is 0 Å². The molecule has 1 aliphatic rings. The molecule has 2 rings (SSSR count). The molecule has 0 saturated carbocycles. The molecule has 1 atom stereocenters. The minimum Gasteiger partial charge on any atom is -0.338 e. The fraction of sp³-hybridized carbons (Fsp3) is 0.462. The molecule has 1 fully saturated rings. The Morgan fingerprint density at radius 1 is 1.27 bits per heavy atom. The van der Waals surface area contributed by atoms with Crippen LogP contribution < -0.4 is 4.72 Å². The largest absolute Gasteiger partial charge is 0.338 e. The molecule has 0 bridgehead atoms. The van der Waals surface area contributed by atoms with E-state index in [4.69, 9.17) is 0 Å². The molecule has 1 aromatic rings. The highest BCUT2D eigenvalue weighted by atomic mass is 32.2. The van der Waals surface area contributed by atoms with E-state index in [1.54, 1.807) is 7.05 Å². The molecule has 0 radical (unpaired) electrons. The van der Waals surface area contributed by atoms with Gasteiger partial charge >= 0.3 is 0 Å². The zero-order chi connectivity index (χ0) is 16.5. The molecule has 0 aromatic heterocycles. The zero-order valence-corrected chi connectivity index (χ0v) is 13.9. The van der Waals surface area contributed by atoms with Crippen LogP contribution in [0, 0.1) is 0 Å². The predicted molar refractivity (Wildman–Crippen MR) is 84.1 cm³/mol. The smallest absolute Gasteiger partial charge is 0.253 e. The van der Waals surface area contributed by atoms with Gasteiger partial charge in [0.05, 0.1) is 17.8 Å². The molecule has 0 spiro atoms. The maximum atomic E-state index is 12.3. The van der Waals surface area contributed by atoms with E-state index in [0.29, 0.717) is 17.7 Å². The van der Waals surface area contributed by atoms with Crippen LogP contribution in [0.5, 0.6) is 0 Å². The second-order valence-corrected chi connectivity index (χ2v) is 9.40. The Bertz CT molecular complexity index is 769. The molecule has 7 nitrogen and oxygen atoms in total. The maximum Gasteiger partial charge on any atom is 0.253 e. The van der Waals surface area contributed by atoms with E-state index in [2.05, 4.69) is 4.72 Å². The van der Waals surface area contributed by atoms with E-state index in [0.717, 1.165) is 6.26 Å². The minimum atomic E-state index is -3.36. The number of carbonyl (C=O) groups excluding carboxylic acids is 1. The summed E-state index contributed by atoms with van der Waals surface area (Å²) >= 11 is 0. The molecule has 22 heavy (non-hydrogen) atoms. The first-order valence-electron chi connectivity index (χ1n) is 6.63. The van der Waals surface area contributed by atoms with Crippen LogP contribution in [0.15, 0.2) is 24.3 Å². The van der Waals surface area contributed by atoms with Crippen LogP contribution in [0.4, 0.5) is 5.69 Å². The summed E-state index contributed by atoms with van der Waals surface area (Å²) < 4.78 is 47.5. The average molecular weight is 346 g/mol. The third kappa shape index (κ3) is 4.20. The number of hydrogen-bond acceptors (Lipinski definition) is 5. The number of sulfonamides is 1. The van der Waals surface area contributed by atoms with Crippen molar-refractivity contribution in [3.63, 3.8) is 0 Å². The van der Waals surface area contributed by atoms with E-state index < -0.39 is 19.9 Å². The Hall–Kier alpha value is -1.61. The lowest BCUT2D eigenvalue weighted by Gasteiger charge is -2.23. The number of nitrogens with one attached hydrogen (secondary N) is 1. The van der Waals surface area contributed by atoms with Crippen LogP contribution in [-0.4, -0.2) is 58.5 Å². The highest BCUT2D eigenvalue weighted by Gasteiger charge is 2.32. The SMILES string of the molecule is CN(C(=O)c1ccc(NS(C)(=O)=O)cc1)[C@@H]1CCS(=O)(=O)C1. The molecular formula is C13H18N2O5S2. The average Bonchev–Trinajstić information content (AvgIpc) is 2.76. The second-order valence-electron chi connectivity index (χ2n) is 5.42. The lowest BCUT2D eigenvalue weighted by molar-refractivity contribution is 0.0747. The van der Waals surface area contributed by atoms with Gasteiger partial charge in [-0.25, -0.2) is 16.8 Å². The van der Waals surface area contributed by atoms with Crippen LogP contribution in [0.2, 0.25) is 0 Å². The van der Waals surface area contributed by atoms with Gasteiger partial charge in [-0.2, -0.15) is 0 Å². The van der Waals surface area contributed by atoms with Crippen LogP contribution >= 0.6 is 0 Å². The van der Waals surface area contributed by atoms with Gasteiger partial charge in [0.1, 0.15) is 0 Å². The summed E-state index contributed by atoms with van der Waals surface area (Å²) in [6.45, 7) is 0. The lowest BCUT2D eigenvalue weighted by Crippen LogP contribution is -2.37. The minimum absolute atomic E-state index is 0.0110. The van der Waals surface area contributed by atoms with Gasteiger partial charge in [-0.05, 0) is 30.7 Å². The van der Waals surface area contributed by atoms with Gasteiger partial charge < -0.3 is 4.90 Å². The van der Waals surface area contributed by atoms with Gasteiger partial charge in [-0.1, -0.05) is 0 Å². The summed E-state index contributed by atoms with van der Waals surface area (Å²) in [7, 11) is -4.84. The van der Waals surface area contributed by atoms with Crippen LogP contribution in [0.1, 0.15) is 16.8 Å². The second kappa shape index (κ2) is 5.88. The van der Waals surface area contributed by atoms with E-state index in [-0.39, 0.29) is 23.5 Å². The first kappa shape index (κ1) is 16.8. The predicted octanol–water partition coefficient (Wildman–Crippen LogP) is 0.317. The van der Waals surface area contributed by atoms with Crippen molar-refractivity contribution in [1.82, 2.24) is 4.90 Å². The summed E-state index contributed by atoms with van der Waals surface area (Å²) in [5.41, 5.74) is 0.746. The molecule has 1 amide bonds. The first-order valence-corrected chi connectivity index (χ1v) is 10.3. The number of carbonyl (C=O) groups is 1. The normalized spacial score (nSPS) is 20.5. The number of nitrogens with zero attached hydrogens (tertiary/aromatic N) is 1. The third-order valence-corrected chi connectivity index (χ3v) is 5.87. The zero-order valence-electron chi connectivity index (χ0n) is 12.3. The number of sulfone groups is 1. The molecule has 9 heteroatoms. The molecule has 1 heterocycles. The molecule has 0 unspecified atom stereocenters. The van der Waals surface area contributed by atoms with Gasteiger partial charge in [0.2, 0.25) is 10.0 Å². The summed E-state index contributed by atoms with van der Waals surface area (Å²) in [6, 6.07) is 5.69. The summed E-state index contributed by atoms with van der Waals surface area (Å²) in [5.74, 6) is -0.192. The summed E-state index contributed by atoms with van der Waals surface area (Å²) in [6.07, 6.45) is 1.48. The van der Waals surface area contributed by atoms with Crippen molar-refractivity contribution in [2.75, 3.05) is 29.5 Å². The van der Waals surface area contributed by atoms with Crippen molar-refractivity contribution in [2.45, 2.75) is 12.5 Å². The van der Waals surface area contributed by atoms with Gasteiger partial charge in [0.15, 0.2) is 9.84 Å². The molecule has 1 N–H and O–H groups in total. The highest BCUT2D eigenvalue weighted by Crippen LogP contribution is 2.19. The van der Waals surface area contributed by atoms with E-state index in [9.17, 15) is 21.6 Å². The van der Waals surface area contributed by atoms with E-state index >= 15 is 0 Å². The van der Waals surface area contributed by atoms with Gasteiger partial charge in [0, 0.05) is 24.3 Å². The van der Waals surface area contributed by atoms with Gasteiger partial charge in [-0.15, -0.1) is 0 Å². The number of hydrogen-bond donors (Lipinski definition) is 1. The van der Waals surface area contributed by atoms with Crippen LogP contribution in [-0.2, 0) is 19.9 Å². The number of benzene rings is 1. The Kier molecular flexibility index (Phi) is 4.48. The Labute approximate surface area is 130 Å². The Morgan fingerprint density at radius 2 is 1.86 bits per heavy atom. The first-order chi connectivity index (χ1) is 10.1. The Balaban J connectivity index is 2.10. The molecule has 1 aromatic carbocycles. The standard InChI is InChI=1S/C13H18N2O5S2/c1-15(12-7-8-22(19,20)9-12)13(16)10-3-5-11(6-4-10)14-21(2,17)18/h3-6,12,14H,7-9H2,1-2H3/t12-/m1/s1. The van der Waals surface area contributed by atoms with Crippen molar-refractivity contribution in [1.29, 1.82) is 0 Å². The van der Waals surface area contributed by atoms with Crippen molar-refractivity contribution >= 4 is 31.5 Å². The van der Waals surface area contributed by atoms with E-state index in [1.807, 2.05) is 0 Å². The topological polar surface area (TPSA) is 101 Å². The summed E-state index contributed by atoms with van der Waals surface area (Å²) in [4.78, 5) is 13.8. The van der Waals surface area contributed by atoms with Gasteiger partial charge in [0.25, 0.3) is 5.91 Å². The van der Waals surface area contributed by atoms with Crippen LogP contribution in [0.25, 0.3) is 0 Å². The molecule has 1 saturated heterocycles. The van der Waals surface area contributed by atoms with Gasteiger partial charge in [-0.3, -0.25) is 9.52 Å². The van der Waals surface area contributed by atoms with E-state index in [1.165, 1.54) is 29.2 Å². The monoisotopic (exact) mass is 346 g/mol.